The summed E-state index contributed by atoms with van der Waals surface area (Å²) in [5.41, 5.74) is 4.04. The van der Waals surface area contributed by atoms with Gasteiger partial charge >= 0.3 is 5.97 Å². The predicted octanol–water partition coefficient (Wildman–Crippen LogP) is 6.56. The molecule has 0 saturated heterocycles. The highest BCUT2D eigenvalue weighted by Crippen LogP contribution is 2.33. The molecule has 0 bridgehead atoms. The minimum absolute atomic E-state index is 0.00464. The van der Waals surface area contributed by atoms with Crippen LogP contribution in [0.5, 0.6) is 0 Å². The average molecular weight is 431 g/mol. The van der Waals surface area contributed by atoms with Crippen LogP contribution in [-0.4, -0.2) is 20.6 Å². The van der Waals surface area contributed by atoms with E-state index >= 15 is 0 Å². The summed E-state index contributed by atoms with van der Waals surface area (Å²) in [6.07, 6.45) is 0. The quantitative estimate of drug-likeness (QED) is 0.351. The molecule has 5 aromatic rings. The highest BCUT2D eigenvalue weighted by atomic mass is 32.1. The van der Waals surface area contributed by atoms with Gasteiger partial charge in [0, 0.05) is 33.6 Å². The minimum Gasteiger partial charge on any atom is -0.477 e. The number of furan rings is 1. The van der Waals surface area contributed by atoms with Gasteiger partial charge in [-0.05, 0) is 35.9 Å². The van der Waals surface area contributed by atoms with E-state index in [2.05, 4.69) is 32.2 Å². The molecule has 0 unspecified atom stereocenters. The molecule has 0 saturated carbocycles. The van der Waals surface area contributed by atoms with Gasteiger partial charge in [0.15, 0.2) is 10.8 Å². The lowest BCUT2D eigenvalue weighted by atomic mass is 9.93. The second-order valence-electron chi connectivity index (χ2n) is 8.75. The Kier molecular flexibility index (Phi) is 4.48. The molecule has 31 heavy (non-hydrogen) atoms. The highest BCUT2D eigenvalue weighted by Gasteiger charge is 2.20. The summed E-state index contributed by atoms with van der Waals surface area (Å²) in [4.78, 5) is 16.5. The van der Waals surface area contributed by atoms with Crippen LogP contribution in [0.4, 0.5) is 0 Å². The van der Waals surface area contributed by atoms with Crippen LogP contribution < -0.4 is 0 Å². The van der Waals surface area contributed by atoms with Crippen LogP contribution in [0.2, 0.25) is 0 Å². The second kappa shape index (κ2) is 7.10. The topological polar surface area (TPSA) is 68.3 Å². The van der Waals surface area contributed by atoms with Gasteiger partial charge in [-0.2, -0.15) is 0 Å². The molecule has 0 aliphatic carbocycles. The molecule has 0 spiro atoms. The maximum Gasteiger partial charge on any atom is 0.352 e. The van der Waals surface area contributed by atoms with E-state index < -0.39 is 5.97 Å². The number of aromatic nitrogens is 2. The fourth-order valence-electron chi connectivity index (χ4n) is 3.77. The van der Waals surface area contributed by atoms with Crippen LogP contribution in [0, 0.1) is 0 Å². The Morgan fingerprint density at radius 3 is 2.65 bits per heavy atom. The van der Waals surface area contributed by atoms with Crippen molar-refractivity contribution in [3.8, 4) is 10.8 Å². The van der Waals surface area contributed by atoms with Crippen molar-refractivity contribution in [3.05, 3.63) is 76.9 Å². The number of aromatic carboxylic acids is 1. The van der Waals surface area contributed by atoms with Crippen LogP contribution in [0.15, 0.2) is 64.4 Å². The van der Waals surface area contributed by atoms with Gasteiger partial charge in [0.05, 0.1) is 5.69 Å². The first kappa shape index (κ1) is 19.6. The first-order valence-electron chi connectivity index (χ1n) is 10.1. The maximum absolute atomic E-state index is 11.8. The molecule has 0 aliphatic heterocycles. The second-order valence-corrected chi connectivity index (χ2v) is 9.61. The average Bonchev–Trinajstić information content (AvgIpc) is 3.44. The van der Waals surface area contributed by atoms with E-state index in [0.29, 0.717) is 6.54 Å². The van der Waals surface area contributed by atoms with Gasteiger partial charge in [0.25, 0.3) is 0 Å². The zero-order valence-corrected chi connectivity index (χ0v) is 18.4. The molecule has 1 N–H and O–H groups in total. The van der Waals surface area contributed by atoms with E-state index in [-0.39, 0.29) is 11.1 Å². The third-order valence-electron chi connectivity index (χ3n) is 5.43. The first-order valence-corrected chi connectivity index (χ1v) is 11.0. The number of rotatable bonds is 4. The van der Waals surface area contributed by atoms with E-state index in [4.69, 9.17) is 9.40 Å². The smallest absolute Gasteiger partial charge is 0.352 e. The molecule has 5 nitrogen and oxygen atoms in total. The molecule has 0 radical (unpaired) electrons. The molecule has 156 valence electrons. The number of nitrogens with zero attached hydrogens (tertiary/aromatic N) is 2. The number of hydrogen-bond donors (Lipinski definition) is 1. The van der Waals surface area contributed by atoms with E-state index in [1.807, 2.05) is 47.0 Å². The normalized spacial score (nSPS) is 12.1. The number of fused-ring (bicyclic) bond motifs is 2. The Balaban J connectivity index is 1.52. The SMILES string of the molecule is CC(C)(C)c1csc(-c2cc3cc(Cn4c(C(=O)O)cc5ccccc54)ccc3o2)n1. The zero-order chi connectivity index (χ0) is 21.8. The van der Waals surface area contributed by atoms with Gasteiger partial charge in [0.1, 0.15) is 11.3 Å². The molecule has 0 atom stereocenters. The zero-order valence-electron chi connectivity index (χ0n) is 17.5. The number of carbonyl (C=O) groups is 1. The number of para-hydroxylation sites is 1. The lowest BCUT2D eigenvalue weighted by Crippen LogP contribution is -2.11. The van der Waals surface area contributed by atoms with Crippen molar-refractivity contribution >= 4 is 39.2 Å². The third kappa shape index (κ3) is 3.53. The van der Waals surface area contributed by atoms with Crippen molar-refractivity contribution in [2.45, 2.75) is 32.7 Å². The minimum atomic E-state index is -0.929. The predicted molar refractivity (Wildman–Crippen MR) is 124 cm³/mol. The summed E-state index contributed by atoms with van der Waals surface area (Å²) >= 11 is 1.59. The van der Waals surface area contributed by atoms with Crippen molar-refractivity contribution in [2.24, 2.45) is 0 Å². The maximum atomic E-state index is 11.8. The molecule has 0 amide bonds. The van der Waals surface area contributed by atoms with Crippen LogP contribution in [0.25, 0.3) is 32.6 Å². The largest absolute Gasteiger partial charge is 0.477 e. The summed E-state index contributed by atoms with van der Waals surface area (Å²) in [5, 5.41) is 14.5. The number of carboxylic acids is 1. The summed E-state index contributed by atoms with van der Waals surface area (Å²) in [7, 11) is 0. The van der Waals surface area contributed by atoms with Crippen molar-refractivity contribution in [2.75, 3.05) is 0 Å². The molecule has 2 aromatic carbocycles. The Labute approximate surface area is 183 Å². The van der Waals surface area contributed by atoms with Crippen molar-refractivity contribution < 1.29 is 14.3 Å². The number of carboxylic acid groups (broad SMARTS) is 1. The van der Waals surface area contributed by atoms with E-state index in [1.54, 1.807) is 17.4 Å². The highest BCUT2D eigenvalue weighted by molar-refractivity contribution is 7.13. The number of benzene rings is 2. The lowest BCUT2D eigenvalue weighted by Gasteiger charge is -2.13. The first-order chi connectivity index (χ1) is 14.8. The van der Waals surface area contributed by atoms with Gasteiger partial charge in [-0.3, -0.25) is 0 Å². The van der Waals surface area contributed by atoms with Crippen LogP contribution in [0.1, 0.15) is 42.5 Å². The molecule has 0 aliphatic rings. The molecular weight excluding hydrogens is 408 g/mol. The molecule has 0 fully saturated rings. The van der Waals surface area contributed by atoms with E-state index in [1.165, 1.54) is 0 Å². The third-order valence-corrected chi connectivity index (χ3v) is 6.29. The summed E-state index contributed by atoms with van der Waals surface area (Å²) in [5.74, 6) is -0.174. The number of thiazole rings is 1. The van der Waals surface area contributed by atoms with Crippen LogP contribution in [-0.2, 0) is 12.0 Å². The Morgan fingerprint density at radius 2 is 1.90 bits per heavy atom. The lowest BCUT2D eigenvalue weighted by molar-refractivity contribution is 0.0686. The van der Waals surface area contributed by atoms with Gasteiger partial charge in [0.2, 0.25) is 0 Å². The Bertz CT molecular complexity index is 1430. The molecular formula is C25H22N2O3S. The standard InChI is InChI=1S/C25H22N2O3S/c1-25(2,3)22-14-31-23(26-22)21-12-17-10-15(8-9-20(17)30-21)13-27-18-7-5-4-6-16(18)11-19(27)24(28)29/h4-12,14H,13H2,1-3H3,(H,28,29). The Morgan fingerprint density at radius 1 is 1.10 bits per heavy atom. The molecule has 6 heteroatoms. The van der Waals surface area contributed by atoms with E-state index in [0.717, 1.165) is 43.9 Å². The van der Waals surface area contributed by atoms with Gasteiger partial charge in [-0.25, -0.2) is 9.78 Å². The molecule has 3 heterocycles. The van der Waals surface area contributed by atoms with Gasteiger partial charge in [-0.15, -0.1) is 11.3 Å². The van der Waals surface area contributed by atoms with E-state index in [9.17, 15) is 9.90 Å². The van der Waals surface area contributed by atoms with Crippen molar-refractivity contribution in [1.82, 2.24) is 9.55 Å². The van der Waals surface area contributed by atoms with Crippen molar-refractivity contribution in [1.29, 1.82) is 0 Å². The number of hydrogen-bond acceptors (Lipinski definition) is 4. The van der Waals surface area contributed by atoms with Crippen LogP contribution in [0.3, 0.4) is 0 Å². The molecule has 3 aromatic heterocycles. The van der Waals surface area contributed by atoms with Gasteiger partial charge < -0.3 is 14.1 Å². The summed E-state index contributed by atoms with van der Waals surface area (Å²) in [6.45, 7) is 6.91. The van der Waals surface area contributed by atoms with Gasteiger partial charge in [-0.1, -0.05) is 45.0 Å². The summed E-state index contributed by atoms with van der Waals surface area (Å²) in [6, 6.07) is 17.4. The fourth-order valence-corrected chi connectivity index (χ4v) is 4.77. The van der Waals surface area contributed by atoms with Crippen molar-refractivity contribution in [3.63, 3.8) is 0 Å². The molecule has 5 rings (SSSR count). The fraction of sp³-hybridized carbons (Fsp3) is 0.200. The monoisotopic (exact) mass is 430 g/mol. The van der Waals surface area contributed by atoms with Crippen LogP contribution >= 0.6 is 11.3 Å². The Hall–Kier alpha value is -3.38. The summed E-state index contributed by atoms with van der Waals surface area (Å²) < 4.78 is 7.89.